The van der Waals surface area contributed by atoms with E-state index >= 15 is 0 Å². The van der Waals surface area contributed by atoms with Crippen molar-refractivity contribution in [2.45, 2.75) is 11.2 Å². The third kappa shape index (κ3) is 3.17. The van der Waals surface area contributed by atoms with Gasteiger partial charge in [-0.1, -0.05) is 51.3 Å². The molecule has 5 heteroatoms. The second-order valence-electron chi connectivity index (χ2n) is 4.45. The Morgan fingerprint density at radius 3 is 2.50 bits per heavy atom. The van der Waals surface area contributed by atoms with Gasteiger partial charge in [-0.2, -0.15) is 0 Å². The van der Waals surface area contributed by atoms with Crippen LogP contribution in [0.15, 0.2) is 42.5 Å². The molecule has 0 bridgehead atoms. The first kappa shape index (κ1) is 14.3. The van der Waals surface area contributed by atoms with Gasteiger partial charge in [0.05, 0.1) is 15.2 Å². The van der Waals surface area contributed by atoms with Gasteiger partial charge in [0.1, 0.15) is 0 Å². The van der Waals surface area contributed by atoms with Crippen LogP contribution in [0.25, 0.3) is 10.2 Å². The first-order valence-corrected chi connectivity index (χ1v) is 8.55. The zero-order chi connectivity index (χ0) is 14.1. The van der Waals surface area contributed by atoms with E-state index in [0.717, 1.165) is 22.5 Å². The van der Waals surface area contributed by atoms with E-state index in [-0.39, 0.29) is 4.83 Å². The van der Waals surface area contributed by atoms with Gasteiger partial charge in [0.15, 0.2) is 0 Å². The minimum atomic E-state index is 0.152. The van der Waals surface area contributed by atoms with Gasteiger partial charge >= 0.3 is 0 Å². The minimum absolute atomic E-state index is 0.152. The number of rotatable bonds is 3. The number of halogens is 3. The normalized spacial score (nSPS) is 12.8. The number of benzene rings is 2. The van der Waals surface area contributed by atoms with Gasteiger partial charge in [0.2, 0.25) is 0 Å². The fourth-order valence-corrected chi connectivity index (χ4v) is 4.38. The zero-order valence-electron chi connectivity index (χ0n) is 10.3. The molecule has 1 atom stereocenters. The summed E-state index contributed by atoms with van der Waals surface area (Å²) in [6.07, 6.45) is 0.815. The molecule has 0 aliphatic carbocycles. The molecule has 1 heterocycles. The molecule has 0 spiro atoms. The molecule has 0 N–H and O–H groups in total. The fraction of sp³-hybridized carbons (Fsp3) is 0.133. The standard InChI is InChI=1S/C15H10BrCl2NS/c16-12(9-5-10(17)7-11(18)6-9)8-15-19-13-3-1-2-4-14(13)20-15/h1-7,12H,8H2. The van der Waals surface area contributed by atoms with Crippen molar-refractivity contribution in [1.82, 2.24) is 4.98 Å². The van der Waals surface area contributed by atoms with Crippen molar-refractivity contribution < 1.29 is 0 Å². The average Bonchev–Trinajstić information content (AvgIpc) is 2.79. The summed E-state index contributed by atoms with van der Waals surface area (Å²) in [5, 5.41) is 2.41. The maximum atomic E-state index is 6.04. The topological polar surface area (TPSA) is 12.9 Å². The van der Waals surface area contributed by atoms with Crippen LogP contribution in [-0.2, 0) is 6.42 Å². The number of hydrogen-bond acceptors (Lipinski definition) is 2. The molecule has 1 unspecified atom stereocenters. The van der Waals surface area contributed by atoms with Crippen molar-refractivity contribution in [2.75, 3.05) is 0 Å². The summed E-state index contributed by atoms with van der Waals surface area (Å²) in [5.41, 5.74) is 2.12. The van der Waals surface area contributed by atoms with Crippen LogP contribution in [0.2, 0.25) is 10.0 Å². The van der Waals surface area contributed by atoms with Crippen LogP contribution in [0.4, 0.5) is 0 Å². The maximum Gasteiger partial charge on any atom is 0.0953 e. The lowest BCUT2D eigenvalue weighted by Gasteiger charge is -2.09. The number of alkyl halides is 1. The highest BCUT2D eigenvalue weighted by Crippen LogP contribution is 2.33. The van der Waals surface area contributed by atoms with E-state index in [1.807, 2.05) is 30.3 Å². The van der Waals surface area contributed by atoms with Gasteiger partial charge in [-0.25, -0.2) is 4.98 Å². The van der Waals surface area contributed by atoms with E-state index in [2.05, 4.69) is 27.0 Å². The van der Waals surface area contributed by atoms with Gasteiger partial charge in [0.25, 0.3) is 0 Å². The van der Waals surface area contributed by atoms with Crippen molar-refractivity contribution >= 4 is 60.7 Å². The van der Waals surface area contributed by atoms with Gasteiger partial charge in [0, 0.05) is 21.3 Å². The number of nitrogens with zero attached hydrogens (tertiary/aromatic N) is 1. The zero-order valence-corrected chi connectivity index (χ0v) is 14.2. The molecular weight excluding hydrogens is 377 g/mol. The average molecular weight is 387 g/mol. The van der Waals surface area contributed by atoms with E-state index in [1.54, 1.807) is 17.4 Å². The Balaban J connectivity index is 1.86. The number of para-hydroxylation sites is 1. The molecule has 1 nitrogen and oxygen atoms in total. The summed E-state index contributed by atoms with van der Waals surface area (Å²) < 4.78 is 1.21. The Morgan fingerprint density at radius 2 is 1.80 bits per heavy atom. The molecule has 0 radical (unpaired) electrons. The first-order chi connectivity index (χ1) is 9.61. The van der Waals surface area contributed by atoms with Gasteiger partial charge in [-0.15, -0.1) is 11.3 Å². The number of aromatic nitrogens is 1. The second-order valence-corrected chi connectivity index (χ2v) is 7.54. The van der Waals surface area contributed by atoms with Crippen LogP contribution in [0.5, 0.6) is 0 Å². The largest absolute Gasteiger partial charge is 0.241 e. The van der Waals surface area contributed by atoms with Crippen molar-refractivity contribution in [3.8, 4) is 0 Å². The number of thiazole rings is 1. The van der Waals surface area contributed by atoms with E-state index in [0.29, 0.717) is 10.0 Å². The lowest BCUT2D eigenvalue weighted by atomic mass is 10.1. The SMILES string of the molecule is Clc1cc(Cl)cc(C(Br)Cc2nc3ccccc3s2)c1. The van der Waals surface area contributed by atoms with Crippen LogP contribution >= 0.6 is 50.5 Å². The van der Waals surface area contributed by atoms with Crippen LogP contribution in [-0.4, -0.2) is 4.98 Å². The van der Waals surface area contributed by atoms with Crippen LogP contribution in [0.1, 0.15) is 15.4 Å². The molecule has 0 amide bonds. The summed E-state index contributed by atoms with van der Waals surface area (Å²) in [6, 6.07) is 13.8. The van der Waals surface area contributed by atoms with Crippen molar-refractivity contribution in [1.29, 1.82) is 0 Å². The number of hydrogen-bond donors (Lipinski definition) is 0. The van der Waals surface area contributed by atoms with E-state index < -0.39 is 0 Å². The minimum Gasteiger partial charge on any atom is -0.241 e. The molecule has 0 saturated carbocycles. The molecule has 20 heavy (non-hydrogen) atoms. The van der Waals surface area contributed by atoms with Gasteiger partial charge < -0.3 is 0 Å². The van der Waals surface area contributed by atoms with Gasteiger partial charge in [-0.3, -0.25) is 0 Å². The quantitative estimate of drug-likeness (QED) is 0.482. The highest BCUT2D eigenvalue weighted by Gasteiger charge is 2.13. The Bertz CT molecular complexity index is 703. The molecular formula is C15H10BrCl2NS. The molecule has 2 aromatic carbocycles. The van der Waals surface area contributed by atoms with E-state index in [9.17, 15) is 0 Å². The molecule has 0 aliphatic rings. The van der Waals surface area contributed by atoms with Crippen molar-refractivity contribution in [2.24, 2.45) is 0 Å². The molecule has 3 rings (SSSR count). The molecule has 102 valence electrons. The highest BCUT2D eigenvalue weighted by atomic mass is 79.9. The Kier molecular flexibility index (Phi) is 4.32. The summed E-state index contributed by atoms with van der Waals surface area (Å²) in [4.78, 5) is 4.80. The van der Waals surface area contributed by atoms with Crippen molar-refractivity contribution in [3.63, 3.8) is 0 Å². The Hall–Kier alpha value is -0.610. The van der Waals surface area contributed by atoms with Crippen LogP contribution in [0, 0.1) is 0 Å². The summed E-state index contributed by atoms with van der Waals surface area (Å²) >= 11 is 17.5. The lowest BCUT2D eigenvalue weighted by molar-refractivity contribution is 0.938. The molecule has 1 aromatic heterocycles. The summed E-state index contributed by atoms with van der Waals surface area (Å²) in [5.74, 6) is 0. The molecule has 3 aromatic rings. The number of fused-ring (bicyclic) bond motifs is 1. The first-order valence-electron chi connectivity index (χ1n) is 6.06. The summed E-state index contributed by atoms with van der Waals surface area (Å²) in [6.45, 7) is 0. The lowest BCUT2D eigenvalue weighted by Crippen LogP contribution is -1.95. The van der Waals surface area contributed by atoms with E-state index in [1.165, 1.54) is 4.70 Å². The predicted octanol–water partition coefficient (Wildman–Crippen LogP) is 6.28. The fourth-order valence-electron chi connectivity index (χ4n) is 2.03. The monoisotopic (exact) mass is 385 g/mol. The predicted molar refractivity (Wildman–Crippen MR) is 91.5 cm³/mol. The smallest absolute Gasteiger partial charge is 0.0953 e. The van der Waals surface area contributed by atoms with Crippen LogP contribution < -0.4 is 0 Å². The van der Waals surface area contributed by atoms with E-state index in [4.69, 9.17) is 23.2 Å². The second kappa shape index (κ2) is 6.02. The highest BCUT2D eigenvalue weighted by molar-refractivity contribution is 9.09. The van der Waals surface area contributed by atoms with Crippen LogP contribution in [0.3, 0.4) is 0 Å². The third-order valence-electron chi connectivity index (χ3n) is 2.94. The van der Waals surface area contributed by atoms with Crippen molar-refractivity contribution in [3.05, 3.63) is 63.1 Å². The maximum absolute atomic E-state index is 6.04. The molecule has 0 saturated heterocycles. The molecule has 0 aliphatic heterocycles. The molecule has 0 fully saturated rings. The summed E-state index contributed by atoms with van der Waals surface area (Å²) in [7, 11) is 0. The Labute approximate surface area is 139 Å². The third-order valence-corrected chi connectivity index (χ3v) is 5.29. The Morgan fingerprint density at radius 1 is 1.10 bits per heavy atom. The van der Waals surface area contributed by atoms with Gasteiger partial charge in [-0.05, 0) is 35.9 Å².